The molecule has 0 saturated carbocycles. The summed E-state index contributed by atoms with van der Waals surface area (Å²) in [6.45, 7) is 9.87. The second-order valence-electron chi connectivity index (χ2n) is 11.7. The highest BCUT2D eigenvalue weighted by Crippen LogP contribution is 2.39. The number of carbonyl (C=O) groups is 2. The van der Waals surface area contributed by atoms with Gasteiger partial charge in [-0.05, 0) is 64.8 Å². The van der Waals surface area contributed by atoms with Gasteiger partial charge in [0.1, 0.15) is 0 Å². The molecule has 0 aromatic heterocycles. The molecule has 13 nitrogen and oxygen atoms in total. The van der Waals surface area contributed by atoms with E-state index in [-0.39, 0.29) is 45.0 Å². The van der Waals surface area contributed by atoms with Crippen LogP contribution in [0.15, 0.2) is 65.8 Å². The van der Waals surface area contributed by atoms with Crippen molar-refractivity contribution in [3.05, 3.63) is 97.6 Å². The largest absolute Gasteiger partial charge is 0.493 e. The van der Waals surface area contributed by atoms with Gasteiger partial charge in [0.05, 0.1) is 28.7 Å². The molecule has 1 amide bonds. The topological polar surface area (TPSA) is 172 Å². The number of nitro benzene ring substituents is 2. The van der Waals surface area contributed by atoms with Crippen LogP contribution in [0, 0.1) is 25.6 Å². The van der Waals surface area contributed by atoms with Gasteiger partial charge >= 0.3 is 11.7 Å². The zero-order valence-corrected chi connectivity index (χ0v) is 25.3. The summed E-state index contributed by atoms with van der Waals surface area (Å²) in [6, 6.07) is 14.2. The van der Waals surface area contributed by atoms with E-state index in [2.05, 4.69) is 31.3 Å². The molecule has 0 radical (unpaired) electrons. The summed E-state index contributed by atoms with van der Waals surface area (Å²) in [7, 11) is 1.37. The van der Waals surface area contributed by atoms with Crippen LogP contribution in [-0.2, 0) is 10.2 Å². The number of rotatable bonds is 12. The van der Waals surface area contributed by atoms with Crippen LogP contribution in [0.25, 0.3) is 0 Å². The van der Waals surface area contributed by atoms with Crippen LogP contribution in [0.1, 0.15) is 62.5 Å². The van der Waals surface area contributed by atoms with Crippen molar-refractivity contribution < 1.29 is 33.6 Å². The van der Waals surface area contributed by atoms with Crippen LogP contribution in [0.5, 0.6) is 17.2 Å². The number of nitrogens with one attached hydrogen (secondary N) is 1. The molecule has 0 aliphatic carbocycles. The Morgan fingerprint density at radius 1 is 0.886 bits per heavy atom. The first kappa shape index (κ1) is 33.2. The second kappa shape index (κ2) is 13.8. The van der Waals surface area contributed by atoms with Crippen molar-refractivity contribution in [3.63, 3.8) is 0 Å². The summed E-state index contributed by atoms with van der Waals surface area (Å²) in [5, 5.41) is 26.4. The smallest absolute Gasteiger partial charge is 0.343 e. The summed E-state index contributed by atoms with van der Waals surface area (Å²) in [6.07, 6.45) is 2.12. The minimum absolute atomic E-state index is 0.0171. The minimum atomic E-state index is -0.740. The molecule has 3 aromatic carbocycles. The third-order valence-corrected chi connectivity index (χ3v) is 6.38. The van der Waals surface area contributed by atoms with E-state index in [1.165, 1.54) is 61.9 Å². The third kappa shape index (κ3) is 9.08. The van der Waals surface area contributed by atoms with Gasteiger partial charge in [0, 0.05) is 18.2 Å². The number of non-ortho nitro benzene ring substituents is 1. The fourth-order valence-electron chi connectivity index (χ4n) is 4.71. The fourth-order valence-corrected chi connectivity index (χ4v) is 4.71. The van der Waals surface area contributed by atoms with Gasteiger partial charge in [0.2, 0.25) is 0 Å². The molecule has 0 fully saturated rings. The monoisotopic (exact) mass is 606 g/mol. The van der Waals surface area contributed by atoms with E-state index < -0.39 is 28.3 Å². The molecule has 3 rings (SSSR count). The number of carbonyl (C=O) groups excluding carboxylic acids is 2. The number of nitro groups is 2. The van der Waals surface area contributed by atoms with Crippen LogP contribution in [0.3, 0.4) is 0 Å². The van der Waals surface area contributed by atoms with Crippen LogP contribution in [0.2, 0.25) is 0 Å². The maximum absolute atomic E-state index is 12.5. The zero-order valence-electron chi connectivity index (χ0n) is 25.3. The molecule has 0 unspecified atom stereocenters. The summed E-state index contributed by atoms with van der Waals surface area (Å²) < 4.78 is 16.1. The number of methoxy groups -OCH3 is 1. The van der Waals surface area contributed by atoms with E-state index in [0.29, 0.717) is 5.56 Å². The molecule has 3 aromatic rings. The standard InChI is InChI=1S/C31H34N4O9/c1-30(2,3)19-31(4,5)22-10-14-25(24(16-22)35(40)41)43-18-28(36)33-32-17-20-7-13-26(27(15-20)42-6)44-29(37)21-8-11-23(12-9-21)34(38)39/h7-17H,18-19H2,1-6H3,(H,33,36). The number of hydrazone groups is 1. The van der Waals surface area contributed by atoms with E-state index >= 15 is 0 Å². The molecule has 232 valence electrons. The van der Waals surface area contributed by atoms with Crippen molar-refractivity contribution in [2.24, 2.45) is 10.5 Å². The summed E-state index contributed by atoms with van der Waals surface area (Å²) in [5.41, 5.74) is 2.99. The van der Waals surface area contributed by atoms with Crippen molar-refractivity contribution in [2.45, 2.75) is 46.5 Å². The molecule has 0 aliphatic rings. The molecule has 0 atom stereocenters. The molecule has 0 saturated heterocycles. The number of amides is 1. The van der Waals surface area contributed by atoms with Crippen LogP contribution in [-0.4, -0.2) is 41.7 Å². The maximum atomic E-state index is 12.5. The summed E-state index contributed by atoms with van der Waals surface area (Å²) in [5.74, 6) is -1.13. The predicted molar refractivity (Wildman–Crippen MR) is 162 cm³/mol. The second-order valence-corrected chi connectivity index (χ2v) is 11.7. The average molecular weight is 607 g/mol. The van der Waals surface area contributed by atoms with Gasteiger partial charge in [0.15, 0.2) is 23.9 Å². The number of hydrogen-bond acceptors (Lipinski definition) is 10. The Hall–Kier alpha value is -5.33. The molecule has 13 heteroatoms. The lowest BCUT2D eigenvalue weighted by atomic mass is 9.72. The van der Waals surface area contributed by atoms with Gasteiger partial charge < -0.3 is 14.2 Å². The molecule has 0 heterocycles. The number of esters is 1. The molecule has 44 heavy (non-hydrogen) atoms. The van der Waals surface area contributed by atoms with E-state index in [0.717, 1.165) is 12.0 Å². The first-order chi connectivity index (χ1) is 20.6. The Balaban J connectivity index is 1.61. The Morgan fingerprint density at radius 2 is 1.55 bits per heavy atom. The molecule has 0 aliphatic heterocycles. The highest BCUT2D eigenvalue weighted by Gasteiger charge is 2.30. The lowest BCUT2D eigenvalue weighted by Crippen LogP contribution is -2.26. The molecular weight excluding hydrogens is 572 g/mol. The van der Waals surface area contributed by atoms with E-state index in [4.69, 9.17) is 14.2 Å². The minimum Gasteiger partial charge on any atom is -0.493 e. The highest BCUT2D eigenvalue weighted by atomic mass is 16.6. The Bertz CT molecular complexity index is 1580. The first-order valence-electron chi connectivity index (χ1n) is 13.5. The number of nitrogens with zero attached hydrogens (tertiary/aromatic N) is 3. The van der Waals surface area contributed by atoms with Gasteiger partial charge in [0.25, 0.3) is 11.6 Å². The van der Waals surface area contributed by atoms with Crippen LogP contribution < -0.4 is 19.6 Å². The quantitative estimate of drug-likeness (QED) is 0.0856. The van der Waals surface area contributed by atoms with E-state index in [1.807, 2.05) is 13.8 Å². The van der Waals surface area contributed by atoms with Crippen molar-refractivity contribution in [1.82, 2.24) is 5.43 Å². The van der Waals surface area contributed by atoms with E-state index in [9.17, 15) is 29.8 Å². The van der Waals surface area contributed by atoms with Crippen molar-refractivity contribution in [1.29, 1.82) is 0 Å². The lowest BCUT2D eigenvalue weighted by molar-refractivity contribution is -0.385. The SMILES string of the molecule is COc1cc(C=NNC(=O)COc2ccc(C(C)(C)CC(C)(C)C)cc2[N+](=O)[O-])ccc1OC(=O)c1ccc([N+](=O)[O-])cc1. The Morgan fingerprint density at radius 3 is 2.14 bits per heavy atom. The van der Waals surface area contributed by atoms with Crippen LogP contribution in [0.4, 0.5) is 11.4 Å². The predicted octanol–water partition coefficient (Wildman–Crippen LogP) is 5.97. The van der Waals surface area contributed by atoms with Gasteiger partial charge in [-0.1, -0.05) is 40.7 Å². The zero-order chi connectivity index (χ0) is 32.7. The summed E-state index contributed by atoms with van der Waals surface area (Å²) in [4.78, 5) is 46.2. The normalized spacial score (nSPS) is 11.6. The van der Waals surface area contributed by atoms with Crippen molar-refractivity contribution in [3.8, 4) is 17.2 Å². The third-order valence-electron chi connectivity index (χ3n) is 6.38. The van der Waals surface area contributed by atoms with Crippen molar-refractivity contribution >= 4 is 29.5 Å². The van der Waals surface area contributed by atoms with Gasteiger partial charge in [-0.15, -0.1) is 0 Å². The molecular formula is C31H34N4O9. The number of ether oxygens (including phenoxy) is 3. The van der Waals surface area contributed by atoms with Gasteiger partial charge in [-0.25, -0.2) is 10.2 Å². The van der Waals surface area contributed by atoms with Gasteiger partial charge in [-0.3, -0.25) is 25.0 Å². The number of hydrogen-bond donors (Lipinski definition) is 1. The average Bonchev–Trinajstić information content (AvgIpc) is 2.95. The number of benzene rings is 3. The van der Waals surface area contributed by atoms with Crippen LogP contribution >= 0.6 is 0 Å². The van der Waals surface area contributed by atoms with Crippen molar-refractivity contribution in [2.75, 3.05) is 13.7 Å². The first-order valence-corrected chi connectivity index (χ1v) is 13.5. The highest BCUT2D eigenvalue weighted by molar-refractivity contribution is 5.92. The fraction of sp³-hybridized carbons (Fsp3) is 0.323. The Kier molecular flexibility index (Phi) is 10.4. The van der Waals surface area contributed by atoms with Gasteiger partial charge in [-0.2, -0.15) is 5.10 Å². The lowest BCUT2D eigenvalue weighted by Gasteiger charge is -2.33. The Labute approximate surface area is 254 Å². The van der Waals surface area contributed by atoms with E-state index in [1.54, 1.807) is 12.1 Å². The summed E-state index contributed by atoms with van der Waals surface area (Å²) >= 11 is 0. The molecule has 0 spiro atoms. The molecule has 1 N–H and O–H groups in total. The molecule has 0 bridgehead atoms. The maximum Gasteiger partial charge on any atom is 0.343 e.